The number of hydrogen-bond donors (Lipinski definition) is 18. The Morgan fingerprint density at radius 1 is 0.379 bits per heavy atom. The number of nitrogens with two attached hydrogens (primary N) is 11. The minimum atomic E-state index is -3.76. The first-order chi connectivity index (χ1) is 65.2. The Bertz CT molecular complexity index is 7940. The van der Waals surface area contributed by atoms with Crippen LogP contribution in [0.1, 0.15) is 38.2 Å². The van der Waals surface area contributed by atoms with Gasteiger partial charge in [0.15, 0.2) is 0 Å². The molecule has 29 N–H and O–H groups in total. The molecule has 744 valence electrons. The maximum absolute atomic E-state index is 12.1. The van der Waals surface area contributed by atoms with Crippen LogP contribution in [-0.4, -0.2) is 144 Å². The van der Waals surface area contributed by atoms with Crippen molar-refractivity contribution < 1.29 is 109 Å². The fourth-order valence-electron chi connectivity index (χ4n) is 11.1. The molecule has 0 amide bonds. The number of carboxylic acids is 1. The van der Waals surface area contributed by atoms with Crippen LogP contribution in [0.5, 0.6) is 5.75 Å². The summed E-state index contributed by atoms with van der Waals surface area (Å²) < 4.78 is 230. The third-order valence-electron chi connectivity index (χ3n) is 18.1. The van der Waals surface area contributed by atoms with Crippen molar-refractivity contribution in [2.24, 2.45) is 41.1 Å². The number of aryl methyl sites for hydroxylation is 1. The van der Waals surface area contributed by atoms with Crippen LogP contribution in [-0.2, 0) is 126 Å². The quantitative estimate of drug-likeness (QED) is 0.0342. The molecule has 0 saturated carbocycles. The largest absolute Gasteiger partial charge is 0.508 e. The van der Waals surface area contributed by atoms with E-state index in [1.165, 1.54) is 176 Å². The molecule has 15 aromatic rings. The van der Waals surface area contributed by atoms with Crippen LogP contribution < -0.4 is 73.1 Å². The minimum absolute atomic E-state index is 0.0173. The molecule has 0 aliphatic heterocycles. The first kappa shape index (κ1) is 114. The van der Waals surface area contributed by atoms with Crippen molar-refractivity contribution in [2.75, 3.05) is 35.7 Å². The summed E-state index contributed by atoms with van der Waals surface area (Å²) in [4.78, 5) is 26.5. The van der Waals surface area contributed by atoms with Gasteiger partial charge in [0.05, 0.1) is 67.1 Å². The molecule has 0 fully saturated rings. The average Bonchev–Trinajstić information content (AvgIpc) is 1.06. The van der Waals surface area contributed by atoms with E-state index in [4.69, 9.17) is 78.7 Å². The number of aliphatic hydroxyl groups is 2. The molecule has 140 heavy (non-hydrogen) atoms. The van der Waals surface area contributed by atoms with Gasteiger partial charge in [0.1, 0.15) is 16.5 Å². The van der Waals surface area contributed by atoms with Crippen molar-refractivity contribution in [1.82, 2.24) is 29.4 Å². The van der Waals surface area contributed by atoms with Gasteiger partial charge in [-0.1, -0.05) is 121 Å². The highest BCUT2D eigenvalue weighted by Gasteiger charge is 2.20. The normalized spacial score (nSPS) is 11.7. The van der Waals surface area contributed by atoms with Crippen LogP contribution in [0.2, 0.25) is 0 Å². The van der Waals surface area contributed by atoms with Crippen LogP contribution in [0.4, 0.5) is 28.8 Å². The number of nitrogen functional groups attached to an aromatic ring is 3. The van der Waals surface area contributed by atoms with Gasteiger partial charge >= 0.3 is 5.97 Å². The first-order valence-corrected chi connectivity index (χ1v) is 55.6. The number of aliphatic hydroxyl groups excluding tert-OH is 2. The predicted molar refractivity (Wildman–Crippen MR) is 529 cm³/mol. The summed E-state index contributed by atoms with van der Waals surface area (Å²) >= 11 is 0.934. The second-order valence-electron chi connectivity index (χ2n) is 28.7. The van der Waals surface area contributed by atoms with Crippen LogP contribution in [0, 0.1) is 6.92 Å². The Morgan fingerprint density at radius 3 is 1.24 bits per heavy atom. The summed E-state index contributed by atoms with van der Waals surface area (Å²) in [6.07, 6.45) is 3.99. The second kappa shape index (κ2) is 50.1. The molecule has 54 heteroatoms. The summed E-state index contributed by atoms with van der Waals surface area (Å²) in [5, 5.41) is 80.0. The van der Waals surface area contributed by atoms with Gasteiger partial charge in [-0.15, -0.1) is 11.3 Å². The SMILES string of the molecule is Cc1ccc(C(=O)O)cc1.NS(=O)(=O)c1ccc(CCO)cc1.NS(=O)(=O)c1ccc(CO)cc1.NS(=O)(=O)c1cccc2ccccc12.NS(=O)(=O)c1cccc2cccnc12.NS(=O)(=O)c1nc2ccc(O)cc2s1.Nc1ccc(S(=O)(=O)NCCc2ccc(S(N)(=O)=O)cc2)cc1.Nc1ccc(S(=O)(=O)NCc2ccc(S(N)(=O)=O)cc2)cc1.Nc1nccc(Nc2ccc(S(N)(=O)=O)cc2)n1. The van der Waals surface area contributed by atoms with Gasteiger partial charge in [-0.25, -0.2) is 149 Å². The van der Waals surface area contributed by atoms with Crippen LogP contribution in [0.3, 0.4) is 0 Å². The molecule has 15 rings (SSSR count). The number of phenolic OH excluding ortho intramolecular Hbond substituents is 1. The number of hydrogen-bond acceptors (Lipinski definition) is 33. The third kappa shape index (κ3) is 37.5. The van der Waals surface area contributed by atoms with Crippen molar-refractivity contribution in [1.29, 1.82) is 0 Å². The number of thiazole rings is 1. The van der Waals surface area contributed by atoms with Gasteiger partial charge in [-0.3, -0.25) is 4.98 Å². The van der Waals surface area contributed by atoms with E-state index in [2.05, 4.69) is 34.7 Å². The number of benzene rings is 12. The highest BCUT2D eigenvalue weighted by atomic mass is 32.3. The molecule has 0 atom stereocenters. The van der Waals surface area contributed by atoms with Crippen molar-refractivity contribution >= 4 is 178 Å². The van der Waals surface area contributed by atoms with E-state index < -0.39 is 106 Å². The third-order valence-corrected chi connectivity index (χ3v) is 29.9. The van der Waals surface area contributed by atoms with Gasteiger partial charge in [-0.2, -0.15) is 4.98 Å². The van der Waals surface area contributed by atoms with Crippen LogP contribution in [0.15, 0.2) is 352 Å². The molecule has 0 unspecified atom stereocenters. The smallest absolute Gasteiger partial charge is 0.335 e. The number of aromatic hydroxyl groups is 1. The molecular weight excluding hydrogens is 2040 g/mol. The lowest BCUT2D eigenvalue weighted by atomic mass is 10.1. The molecule has 43 nitrogen and oxygen atoms in total. The van der Waals surface area contributed by atoms with Crippen molar-refractivity contribution in [3.8, 4) is 5.75 Å². The van der Waals surface area contributed by atoms with Crippen LogP contribution in [0.25, 0.3) is 31.9 Å². The maximum Gasteiger partial charge on any atom is 0.335 e. The van der Waals surface area contributed by atoms with Gasteiger partial charge < -0.3 is 42.9 Å². The second-order valence-corrected chi connectivity index (χ2v) is 45.9. The number of pyridine rings is 1. The number of rotatable bonds is 23. The lowest BCUT2D eigenvalue weighted by Crippen LogP contribution is -2.26. The molecule has 0 radical (unpaired) electrons. The predicted octanol–water partition coefficient (Wildman–Crippen LogP) is 5.69. The van der Waals surface area contributed by atoms with E-state index >= 15 is 0 Å². The van der Waals surface area contributed by atoms with E-state index in [0.717, 1.165) is 38.8 Å². The number of anilines is 5. The van der Waals surface area contributed by atoms with Crippen LogP contribution >= 0.6 is 11.3 Å². The van der Waals surface area contributed by atoms with E-state index in [1.54, 1.807) is 109 Å². The fourth-order valence-corrected chi connectivity index (χ4v) is 18.9. The number of sulfonamides is 10. The van der Waals surface area contributed by atoms with Gasteiger partial charge in [0.2, 0.25) is 100 Å². The molecule has 0 bridgehead atoms. The van der Waals surface area contributed by atoms with Crippen molar-refractivity contribution in [3.63, 3.8) is 0 Å². The number of primary sulfonamides is 8. The Kier molecular flexibility index (Phi) is 40.7. The van der Waals surface area contributed by atoms with E-state index in [0.29, 0.717) is 73.5 Å². The zero-order valence-electron chi connectivity index (χ0n) is 73.1. The number of nitrogens with one attached hydrogen (secondary N) is 3. The maximum atomic E-state index is 12.1. The highest BCUT2D eigenvalue weighted by molar-refractivity contribution is 7.92. The summed E-state index contributed by atoms with van der Waals surface area (Å²) in [6, 6.07) is 74.7. The topological polar surface area (TPSA) is 813 Å². The van der Waals surface area contributed by atoms with Crippen molar-refractivity contribution in [2.45, 2.75) is 81.3 Å². The number of aromatic nitrogens is 4. The Hall–Kier alpha value is -13.2. The monoisotopic (exact) mass is 2130 g/mol. The first-order valence-electron chi connectivity index (χ1n) is 39.4. The van der Waals surface area contributed by atoms with E-state index in [-0.39, 0.29) is 86.4 Å². The lowest BCUT2D eigenvalue weighted by Gasteiger charge is -2.07. The zero-order valence-corrected chi connectivity index (χ0v) is 82.1. The molecule has 0 aliphatic rings. The van der Waals surface area contributed by atoms with Gasteiger partial charge in [0.25, 0.3) is 10.0 Å². The summed E-state index contributed by atoms with van der Waals surface area (Å²) in [5.41, 5.74) is 23.4. The molecule has 12 aromatic carbocycles. The standard InChI is InChI=1S/C14H17N3O4S2.C13H15N3O4S2.C10H11N5O2S.C10H9NO2S.C9H8N2O2S.C8H11NO3S.C8H8O2.C7H6N2O3S2.C7H9NO3S/c15-12-3-7-14(8-4-12)23(20,21)17-10-9-11-1-5-13(6-2-11)22(16,18)19;14-11-3-7-13(8-4-11)22(19,20)16-9-10-1-5-12(6-2-10)21(15,17)18;11-10-13-6-5-9(15-10)14-7-1-3-8(4-2-7)18(12,16)17;11-14(12,13)10-7-3-5-8-4-1-2-6-9(8)10;10-14(12,13)8-5-1-3-7-4-2-6-11-9(7)8;9-13(11,12)8-3-1-7(2-4-8)5-6-10;1-6-2-4-7(5-3-6)8(9)10;8-14(11,12)7-9-5-2-1-4(10)3-6(5)13-7;8-12(10,11)7-3-1-6(5-9)2-4-7/h1-8,17H,9-10,15H2,(H2,16,18,19);1-8,16H,9,14H2,(H2,15,17,18);1-6H,(H2,12,16,17)(H3,11,13,14,15);1-7H,(H2,11,12,13);1-6H,(H2,10,12,13);1-4,10H,5-6H2,(H2,9,11,12);2-5H,1H3,(H,9,10);1-3,10H,(H2,8,11,12);1-4,9H,5H2,(H2,8,10,11). The molecule has 3 aromatic heterocycles. The number of nitrogens with zero attached hydrogens (tertiary/aromatic N) is 4. The summed E-state index contributed by atoms with van der Waals surface area (Å²) in [6.45, 7) is 2.07. The molecule has 3 heterocycles. The number of aromatic carboxylic acids is 1. The Balaban J connectivity index is 0.000000216. The lowest BCUT2D eigenvalue weighted by molar-refractivity contribution is 0.0696. The zero-order chi connectivity index (χ0) is 104. The number of para-hydroxylation sites is 1. The summed E-state index contributed by atoms with van der Waals surface area (Å²) in [5.74, 6) is -0.130. The van der Waals surface area contributed by atoms with E-state index in [1.807, 2.05) is 25.1 Å². The Labute approximate surface area is 811 Å². The fraction of sp³-hybridized carbons (Fsp3) is 0.0814. The molecular formula is C86H94N18O25S11. The molecule has 0 aliphatic carbocycles. The van der Waals surface area contributed by atoms with Gasteiger partial charge in [0, 0.05) is 59.9 Å². The molecule has 0 spiro atoms. The number of carboxylic acid groups (broad SMARTS) is 1. The van der Waals surface area contributed by atoms with E-state index in [9.17, 15) is 89.0 Å². The van der Waals surface area contributed by atoms with Gasteiger partial charge in [-0.05, 0) is 223 Å². The van der Waals surface area contributed by atoms with Crippen molar-refractivity contribution in [3.05, 3.63) is 337 Å². The number of fused-ring (bicyclic) bond motifs is 3. The summed E-state index contributed by atoms with van der Waals surface area (Å²) in [7, 11) is -36.7. The highest BCUT2D eigenvalue weighted by Crippen LogP contribution is 2.29. The molecule has 0 saturated heterocycles. The number of carbonyl (C=O) groups is 1. The Morgan fingerprint density at radius 2 is 0.793 bits per heavy atom. The minimum Gasteiger partial charge on any atom is -0.508 e. The number of phenols is 1. The average molecular weight is 2130 g/mol.